The van der Waals surface area contributed by atoms with E-state index in [9.17, 15) is 4.79 Å². The summed E-state index contributed by atoms with van der Waals surface area (Å²) in [6.07, 6.45) is 0.908. The van der Waals surface area contributed by atoms with Crippen molar-refractivity contribution < 1.29 is 14.3 Å². The molecule has 1 aromatic carbocycles. The summed E-state index contributed by atoms with van der Waals surface area (Å²) in [6.45, 7) is 7.71. The van der Waals surface area contributed by atoms with Crippen molar-refractivity contribution in [3.05, 3.63) is 34.7 Å². The van der Waals surface area contributed by atoms with Crippen LogP contribution in [-0.2, 0) is 6.42 Å². The number of thiazole rings is 1. The van der Waals surface area contributed by atoms with E-state index in [1.807, 2.05) is 29.2 Å². The van der Waals surface area contributed by atoms with E-state index < -0.39 is 0 Å². The number of anilines is 1. The number of thiophene rings is 1. The molecule has 160 valence electrons. The fraction of sp³-hybridized carbons (Fsp3) is 0.455. The van der Waals surface area contributed by atoms with Gasteiger partial charge in [0.25, 0.3) is 5.91 Å². The van der Waals surface area contributed by atoms with E-state index in [2.05, 4.69) is 18.7 Å². The predicted octanol–water partition coefficient (Wildman–Crippen LogP) is 4.54. The third kappa shape index (κ3) is 4.11. The Morgan fingerprint density at radius 1 is 1.10 bits per heavy atom. The van der Waals surface area contributed by atoms with Gasteiger partial charge in [-0.3, -0.25) is 4.79 Å². The van der Waals surface area contributed by atoms with Crippen LogP contribution in [0.5, 0.6) is 11.5 Å². The van der Waals surface area contributed by atoms with Gasteiger partial charge >= 0.3 is 0 Å². The number of carbonyl (C=O) groups excluding carboxylic acids is 1. The highest BCUT2D eigenvalue weighted by Crippen LogP contribution is 2.36. The number of carbonyl (C=O) groups is 1. The number of nitrogens with zero attached hydrogens (tertiary/aromatic N) is 3. The summed E-state index contributed by atoms with van der Waals surface area (Å²) < 4.78 is 11.8. The molecule has 0 radical (unpaired) electrons. The van der Waals surface area contributed by atoms with Crippen LogP contribution >= 0.6 is 22.7 Å². The SMILES string of the molecule is CCN(CC)c1nc2sc(C(=O)N3CC(Cc4cc(OC)cc(OC)c4)C3)cc2s1. The Labute approximate surface area is 185 Å². The van der Waals surface area contributed by atoms with Crippen LogP contribution in [-0.4, -0.2) is 56.2 Å². The lowest BCUT2D eigenvalue weighted by atomic mass is 9.92. The number of fused-ring (bicyclic) bond motifs is 1. The Bertz CT molecular complexity index is 982. The first kappa shape index (κ1) is 20.9. The minimum absolute atomic E-state index is 0.120. The number of likely N-dealkylation sites (tertiary alicyclic amines) is 1. The van der Waals surface area contributed by atoms with Gasteiger partial charge in [0.2, 0.25) is 0 Å². The average molecular weight is 446 g/mol. The normalized spacial score (nSPS) is 14.1. The molecule has 0 aliphatic carbocycles. The first-order valence-electron chi connectivity index (χ1n) is 10.2. The van der Waals surface area contributed by atoms with Crippen molar-refractivity contribution in [1.29, 1.82) is 0 Å². The van der Waals surface area contributed by atoms with Gasteiger partial charge in [-0.25, -0.2) is 4.98 Å². The Morgan fingerprint density at radius 2 is 1.77 bits per heavy atom. The molecule has 2 aromatic heterocycles. The van der Waals surface area contributed by atoms with Gasteiger partial charge in [-0.15, -0.1) is 11.3 Å². The standard InChI is InChI=1S/C22H27N3O3S2/c1-5-24(6-2)22-23-20-18(30-22)11-19(29-20)21(26)25-12-15(13-25)7-14-8-16(27-3)10-17(9-14)28-4/h8-11,15H,5-7,12-13H2,1-4H3. The van der Waals surface area contributed by atoms with E-state index in [-0.39, 0.29) is 5.91 Å². The van der Waals surface area contributed by atoms with Gasteiger partial charge in [-0.1, -0.05) is 11.3 Å². The molecule has 0 spiro atoms. The number of hydrogen-bond donors (Lipinski definition) is 0. The molecule has 0 unspecified atom stereocenters. The summed E-state index contributed by atoms with van der Waals surface area (Å²) in [4.78, 5) is 23.5. The van der Waals surface area contributed by atoms with Crippen molar-refractivity contribution in [1.82, 2.24) is 9.88 Å². The maximum atomic E-state index is 12.9. The molecule has 0 saturated carbocycles. The number of amides is 1. The third-order valence-electron chi connectivity index (χ3n) is 5.50. The van der Waals surface area contributed by atoms with Gasteiger partial charge in [0.1, 0.15) is 16.3 Å². The molecule has 8 heteroatoms. The van der Waals surface area contributed by atoms with Gasteiger partial charge in [-0.05, 0) is 49.9 Å². The van der Waals surface area contributed by atoms with Gasteiger partial charge < -0.3 is 19.3 Å². The predicted molar refractivity (Wildman–Crippen MR) is 124 cm³/mol. The van der Waals surface area contributed by atoms with Gasteiger partial charge in [-0.2, -0.15) is 0 Å². The number of aromatic nitrogens is 1. The highest BCUT2D eigenvalue weighted by Gasteiger charge is 2.32. The maximum Gasteiger partial charge on any atom is 0.264 e. The summed E-state index contributed by atoms with van der Waals surface area (Å²) in [6, 6.07) is 7.97. The summed E-state index contributed by atoms with van der Waals surface area (Å²) in [7, 11) is 3.32. The average Bonchev–Trinajstić information content (AvgIpc) is 3.30. The van der Waals surface area contributed by atoms with Crippen LogP contribution in [0, 0.1) is 5.92 Å². The molecule has 0 N–H and O–H groups in total. The van der Waals surface area contributed by atoms with E-state index in [4.69, 9.17) is 14.5 Å². The number of rotatable bonds is 8. The second-order valence-corrected chi connectivity index (χ2v) is 9.49. The zero-order valence-electron chi connectivity index (χ0n) is 17.8. The zero-order valence-corrected chi connectivity index (χ0v) is 19.4. The summed E-state index contributed by atoms with van der Waals surface area (Å²) in [5.41, 5.74) is 1.17. The zero-order chi connectivity index (χ0) is 21.3. The molecule has 6 nitrogen and oxygen atoms in total. The second-order valence-electron chi connectivity index (χ2n) is 7.45. The van der Waals surface area contributed by atoms with E-state index in [1.165, 1.54) is 16.9 Å². The van der Waals surface area contributed by atoms with Crippen LogP contribution in [0.4, 0.5) is 5.13 Å². The minimum atomic E-state index is 0.120. The van der Waals surface area contributed by atoms with Crippen molar-refractivity contribution in [3.63, 3.8) is 0 Å². The van der Waals surface area contributed by atoms with Crippen LogP contribution in [0.1, 0.15) is 29.1 Å². The summed E-state index contributed by atoms with van der Waals surface area (Å²) in [5.74, 6) is 2.17. The van der Waals surface area contributed by atoms with Gasteiger partial charge in [0.05, 0.1) is 23.8 Å². The second kappa shape index (κ2) is 8.81. The first-order chi connectivity index (χ1) is 14.5. The van der Waals surface area contributed by atoms with Crippen molar-refractivity contribution in [3.8, 4) is 11.5 Å². The number of benzene rings is 1. The van der Waals surface area contributed by atoms with Crippen LogP contribution in [0.3, 0.4) is 0 Å². The molecule has 30 heavy (non-hydrogen) atoms. The highest BCUT2D eigenvalue weighted by atomic mass is 32.1. The van der Waals surface area contributed by atoms with E-state index >= 15 is 0 Å². The van der Waals surface area contributed by atoms with Crippen molar-refractivity contribution in [2.45, 2.75) is 20.3 Å². The first-order valence-corrected chi connectivity index (χ1v) is 11.8. The molecule has 1 aliphatic heterocycles. The molecule has 0 atom stereocenters. The Hall–Kier alpha value is -2.32. The van der Waals surface area contributed by atoms with Crippen molar-refractivity contribution in [2.24, 2.45) is 5.92 Å². The molecule has 1 aliphatic rings. The molecule has 0 bridgehead atoms. The molecular weight excluding hydrogens is 418 g/mol. The molecule has 1 saturated heterocycles. The molecule has 4 rings (SSSR count). The minimum Gasteiger partial charge on any atom is -0.497 e. The molecule has 3 heterocycles. The number of ether oxygens (including phenoxy) is 2. The number of hydrogen-bond acceptors (Lipinski definition) is 7. The lowest BCUT2D eigenvalue weighted by molar-refractivity contribution is 0.0506. The lowest BCUT2D eigenvalue weighted by Crippen LogP contribution is -2.50. The molecule has 1 fully saturated rings. The monoisotopic (exact) mass is 445 g/mol. The van der Waals surface area contributed by atoms with Crippen LogP contribution in [0.2, 0.25) is 0 Å². The van der Waals surface area contributed by atoms with Crippen LogP contribution in [0.15, 0.2) is 24.3 Å². The van der Waals surface area contributed by atoms with Crippen LogP contribution in [0.25, 0.3) is 9.53 Å². The fourth-order valence-electron chi connectivity index (χ4n) is 3.80. The van der Waals surface area contributed by atoms with Gasteiger partial charge in [0.15, 0.2) is 5.13 Å². The van der Waals surface area contributed by atoms with Crippen molar-refractivity contribution in [2.75, 3.05) is 45.3 Å². The highest BCUT2D eigenvalue weighted by molar-refractivity contribution is 7.29. The maximum absolute atomic E-state index is 12.9. The van der Waals surface area contributed by atoms with E-state index in [0.29, 0.717) is 5.92 Å². The Morgan fingerprint density at radius 3 is 2.33 bits per heavy atom. The molecular formula is C22H27N3O3S2. The van der Waals surface area contributed by atoms with Gasteiger partial charge in [0, 0.05) is 32.2 Å². The smallest absolute Gasteiger partial charge is 0.264 e. The number of methoxy groups -OCH3 is 2. The molecule has 1 amide bonds. The summed E-state index contributed by atoms with van der Waals surface area (Å²) in [5, 5.41) is 1.04. The van der Waals surface area contributed by atoms with Crippen molar-refractivity contribution >= 4 is 43.2 Å². The third-order valence-corrected chi connectivity index (χ3v) is 7.71. The fourth-order valence-corrected chi connectivity index (χ4v) is 6.10. The quantitative estimate of drug-likeness (QED) is 0.510. The van der Waals surface area contributed by atoms with Crippen LogP contribution < -0.4 is 14.4 Å². The Balaban J connectivity index is 1.38. The largest absolute Gasteiger partial charge is 0.497 e. The van der Waals surface area contributed by atoms with E-state index in [0.717, 1.165) is 63.6 Å². The topological polar surface area (TPSA) is 54.9 Å². The van der Waals surface area contributed by atoms with E-state index in [1.54, 1.807) is 25.6 Å². The summed E-state index contributed by atoms with van der Waals surface area (Å²) >= 11 is 3.18. The lowest BCUT2D eigenvalue weighted by Gasteiger charge is -2.39. The molecule has 3 aromatic rings. The Kier molecular flexibility index (Phi) is 6.15.